The van der Waals surface area contributed by atoms with Crippen molar-refractivity contribution in [1.29, 1.82) is 0 Å². The Hall–Kier alpha value is -2.21. The van der Waals surface area contributed by atoms with Crippen molar-refractivity contribution in [3.8, 4) is 11.4 Å². The summed E-state index contributed by atoms with van der Waals surface area (Å²) in [6.45, 7) is 7.52. The van der Waals surface area contributed by atoms with Crippen molar-refractivity contribution in [2.75, 3.05) is 19.6 Å². The predicted octanol–water partition coefficient (Wildman–Crippen LogP) is 3.11. The Morgan fingerprint density at radius 3 is 2.69 bits per heavy atom. The van der Waals surface area contributed by atoms with Gasteiger partial charge in [-0.25, -0.2) is 0 Å². The van der Waals surface area contributed by atoms with E-state index in [1.54, 1.807) is 0 Å². The molecule has 1 N–H and O–H groups in total. The van der Waals surface area contributed by atoms with Crippen molar-refractivity contribution in [2.45, 2.75) is 39.7 Å². The van der Waals surface area contributed by atoms with Gasteiger partial charge >= 0.3 is 0 Å². The number of amides is 1. The Balaban J connectivity index is 1.44. The van der Waals surface area contributed by atoms with Crippen LogP contribution in [0.3, 0.4) is 0 Å². The molecule has 0 atom stereocenters. The van der Waals surface area contributed by atoms with Crippen LogP contribution in [0.4, 0.5) is 0 Å². The van der Waals surface area contributed by atoms with Crippen LogP contribution in [-0.2, 0) is 11.3 Å². The number of aromatic nitrogens is 2. The molecule has 0 aliphatic carbocycles. The van der Waals surface area contributed by atoms with Gasteiger partial charge in [-0.05, 0) is 38.3 Å². The van der Waals surface area contributed by atoms with Crippen LogP contribution in [-0.4, -0.2) is 40.6 Å². The lowest BCUT2D eigenvalue weighted by atomic mass is 9.96. The van der Waals surface area contributed by atoms with Crippen molar-refractivity contribution in [3.63, 3.8) is 0 Å². The second-order valence-electron chi connectivity index (χ2n) is 7.40. The Morgan fingerprint density at radius 2 is 2.00 bits per heavy atom. The maximum Gasteiger partial charge on any atom is 0.241 e. The average Bonchev–Trinajstić information content (AvgIpc) is 3.11. The van der Waals surface area contributed by atoms with Crippen molar-refractivity contribution in [3.05, 3.63) is 36.2 Å². The molecule has 1 aromatic heterocycles. The van der Waals surface area contributed by atoms with Crippen molar-refractivity contribution in [1.82, 2.24) is 20.4 Å². The van der Waals surface area contributed by atoms with E-state index in [0.717, 1.165) is 44.5 Å². The third-order valence-electron chi connectivity index (χ3n) is 4.84. The summed E-state index contributed by atoms with van der Waals surface area (Å²) in [5.41, 5.74) is 0.958. The smallest absolute Gasteiger partial charge is 0.241 e. The standard InChI is InChI=1S/C20H28N4O2/c1-15(2)8-11-21-20(25)17-9-12-24(13-10-17)14-18-22-19(23-26-18)16-6-4-3-5-7-16/h3-7,15,17H,8-14H2,1-2H3,(H,21,25). The summed E-state index contributed by atoms with van der Waals surface area (Å²) in [5, 5.41) is 7.14. The maximum atomic E-state index is 12.2. The average molecular weight is 356 g/mol. The molecule has 140 valence electrons. The summed E-state index contributed by atoms with van der Waals surface area (Å²) >= 11 is 0. The van der Waals surface area contributed by atoms with E-state index in [-0.39, 0.29) is 11.8 Å². The van der Waals surface area contributed by atoms with Crippen LogP contribution in [0.2, 0.25) is 0 Å². The molecule has 1 saturated heterocycles. The fourth-order valence-electron chi connectivity index (χ4n) is 3.20. The number of nitrogens with one attached hydrogen (secondary N) is 1. The highest BCUT2D eigenvalue weighted by Gasteiger charge is 2.25. The number of benzene rings is 1. The molecule has 2 aromatic rings. The van der Waals surface area contributed by atoms with Crippen LogP contribution in [0.1, 0.15) is 39.0 Å². The quantitative estimate of drug-likeness (QED) is 0.825. The molecule has 2 heterocycles. The predicted molar refractivity (Wildman–Crippen MR) is 100 cm³/mol. The normalized spacial score (nSPS) is 16.1. The van der Waals surface area contributed by atoms with E-state index >= 15 is 0 Å². The fraction of sp³-hybridized carbons (Fsp3) is 0.550. The van der Waals surface area contributed by atoms with Crippen molar-refractivity contribution >= 4 is 5.91 Å². The second-order valence-corrected chi connectivity index (χ2v) is 7.40. The number of piperidine rings is 1. The third-order valence-corrected chi connectivity index (χ3v) is 4.84. The van der Waals surface area contributed by atoms with Crippen LogP contribution in [0.15, 0.2) is 34.9 Å². The van der Waals surface area contributed by atoms with Gasteiger partial charge in [0.15, 0.2) is 0 Å². The van der Waals surface area contributed by atoms with E-state index in [0.29, 0.717) is 24.2 Å². The van der Waals surface area contributed by atoms with Crippen LogP contribution < -0.4 is 5.32 Å². The van der Waals surface area contributed by atoms with Crippen LogP contribution >= 0.6 is 0 Å². The van der Waals surface area contributed by atoms with E-state index in [4.69, 9.17) is 4.52 Å². The number of carbonyl (C=O) groups is 1. The number of likely N-dealkylation sites (tertiary alicyclic amines) is 1. The van der Waals surface area contributed by atoms with Gasteiger partial charge in [0.1, 0.15) is 0 Å². The number of hydrogen-bond acceptors (Lipinski definition) is 5. The van der Waals surface area contributed by atoms with E-state index in [1.807, 2.05) is 30.3 Å². The molecule has 1 aromatic carbocycles. The molecule has 0 radical (unpaired) electrons. The molecule has 6 nitrogen and oxygen atoms in total. The Kier molecular flexibility index (Phi) is 6.39. The summed E-state index contributed by atoms with van der Waals surface area (Å²) in [6.07, 6.45) is 2.80. The van der Waals surface area contributed by atoms with E-state index in [9.17, 15) is 4.79 Å². The van der Waals surface area contributed by atoms with Gasteiger partial charge in [0.2, 0.25) is 17.6 Å². The Labute approximate surface area is 155 Å². The molecular formula is C20H28N4O2. The molecule has 1 fully saturated rings. The van der Waals surface area contributed by atoms with Gasteiger partial charge in [0.25, 0.3) is 0 Å². The van der Waals surface area contributed by atoms with Crippen LogP contribution in [0, 0.1) is 11.8 Å². The summed E-state index contributed by atoms with van der Waals surface area (Å²) in [6, 6.07) is 9.83. The molecule has 0 saturated carbocycles. The molecule has 0 bridgehead atoms. The molecular weight excluding hydrogens is 328 g/mol. The highest BCUT2D eigenvalue weighted by atomic mass is 16.5. The topological polar surface area (TPSA) is 71.3 Å². The highest BCUT2D eigenvalue weighted by Crippen LogP contribution is 2.20. The highest BCUT2D eigenvalue weighted by molar-refractivity contribution is 5.78. The first kappa shape index (κ1) is 18.6. The molecule has 6 heteroatoms. The van der Waals surface area contributed by atoms with Crippen LogP contribution in [0.5, 0.6) is 0 Å². The van der Waals surface area contributed by atoms with Crippen LogP contribution in [0.25, 0.3) is 11.4 Å². The Morgan fingerprint density at radius 1 is 1.27 bits per heavy atom. The lowest BCUT2D eigenvalue weighted by Gasteiger charge is -2.30. The minimum absolute atomic E-state index is 0.126. The second kappa shape index (κ2) is 8.94. The first-order valence-electron chi connectivity index (χ1n) is 9.50. The van der Waals surface area contributed by atoms with E-state index in [1.165, 1.54) is 0 Å². The molecule has 1 aliphatic rings. The zero-order chi connectivity index (χ0) is 18.4. The molecule has 3 rings (SSSR count). The monoisotopic (exact) mass is 356 g/mol. The minimum Gasteiger partial charge on any atom is -0.356 e. The van der Waals surface area contributed by atoms with Gasteiger partial charge in [-0.3, -0.25) is 9.69 Å². The molecule has 1 aliphatic heterocycles. The van der Waals surface area contributed by atoms with E-state index < -0.39 is 0 Å². The fourth-order valence-corrected chi connectivity index (χ4v) is 3.20. The van der Waals surface area contributed by atoms with E-state index in [2.05, 4.69) is 34.2 Å². The summed E-state index contributed by atoms with van der Waals surface area (Å²) in [7, 11) is 0. The van der Waals surface area contributed by atoms with Gasteiger partial charge in [-0.2, -0.15) is 4.98 Å². The first-order chi connectivity index (χ1) is 12.6. The zero-order valence-corrected chi connectivity index (χ0v) is 15.6. The van der Waals surface area contributed by atoms with Gasteiger partial charge in [0.05, 0.1) is 6.54 Å². The summed E-state index contributed by atoms with van der Waals surface area (Å²) < 4.78 is 5.39. The molecule has 0 spiro atoms. The largest absolute Gasteiger partial charge is 0.356 e. The van der Waals surface area contributed by atoms with Gasteiger partial charge < -0.3 is 9.84 Å². The maximum absolute atomic E-state index is 12.2. The van der Waals surface area contributed by atoms with Crippen molar-refractivity contribution < 1.29 is 9.32 Å². The number of hydrogen-bond donors (Lipinski definition) is 1. The summed E-state index contributed by atoms with van der Waals surface area (Å²) in [5.74, 6) is 2.20. The van der Waals surface area contributed by atoms with Gasteiger partial charge in [-0.1, -0.05) is 49.3 Å². The lowest BCUT2D eigenvalue weighted by Crippen LogP contribution is -2.40. The number of nitrogens with zero attached hydrogens (tertiary/aromatic N) is 3. The zero-order valence-electron chi connectivity index (χ0n) is 15.6. The van der Waals surface area contributed by atoms with Gasteiger partial charge in [0, 0.05) is 18.0 Å². The SMILES string of the molecule is CC(C)CCNC(=O)C1CCN(Cc2nc(-c3ccccc3)no2)CC1. The lowest BCUT2D eigenvalue weighted by molar-refractivity contribution is -0.126. The molecule has 26 heavy (non-hydrogen) atoms. The van der Waals surface area contributed by atoms with Crippen molar-refractivity contribution in [2.24, 2.45) is 11.8 Å². The molecule has 0 unspecified atom stereocenters. The number of rotatable bonds is 7. The Bertz CT molecular complexity index is 691. The van der Waals surface area contributed by atoms with Gasteiger partial charge in [-0.15, -0.1) is 0 Å². The molecule has 1 amide bonds. The summed E-state index contributed by atoms with van der Waals surface area (Å²) in [4.78, 5) is 19.0. The third kappa shape index (κ3) is 5.14. The number of carbonyl (C=O) groups excluding carboxylic acids is 1. The first-order valence-corrected chi connectivity index (χ1v) is 9.50. The minimum atomic E-state index is 0.126.